The van der Waals surface area contributed by atoms with Crippen LogP contribution in [0.1, 0.15) is 0 Å². The maximum absolute atomic E-state index is 12.4. The van der Waals surface area contributed by atoms with E-state index in [1.54, 1.807) is 0 Å². The van der Waals surface area contributed by atoms with Crippen LogP contribution in [0.4, 0.5) is 11.4 Å². The molecule has 4 aromatic carbocycles. The zero-order valence-corrected chi connectivity index (χ0v) is 24.5. The smallest absolute Gasteiger partial charge is 0.324 e. The van der Waals surface area contributed by atoms with Crippen molar-refractivity contribution in [3.63, 3.8) is 0 Å². The van der Waals surface area contributed by atoms with E-state index in [-0.39, 0.29) is 45.0 Å². The standard InChI is InChI=1S/C32H16N10O4.Cu/c43-41(44)22-14-13-21-23(24(22)42(45)46)32-39-30-20-12-6-5-11-19(20)28(37-30)35-26-16-8-2-1-7-15(16)25(33-26)34-27-17-9-3-4-10-18(17)29(36-27)38-31(21)40-32;/h1-14H,(H2,33,34,35,36,37,38,39,40);/q;+1. The van der Waals surface area contributed by atoms with E-state index >= 15 is 0 Å². The van der Waals surface area contributed by atoms with Crippen LogP contribution in [0.15, 0.2) is 84.9 Å². The molecule has 3 aromatic heterocycles. The molecule has 228 valence electrons. The van der Waals surface area contributed by atoms with Crippen LogP contribution in [0, 0.1) is 20.2 Å². The first kappa shape index (κ1) is 28.1. The van der Waals surface area contributed by atoms with Gasteiger partial charge in [0.25, 0.3) is 0 Å². The molecule has 0 radical (unpaired) electrons. The SMILES string of the molecule is O=[N+]([O-])c1ccc2c3nc4nc(nc5[nH]c(nc6nc(nc([nH]3)c2c1[N+](=O)[O-])-c1ccccc1-6)c1ccccc51)-c1ccccc1-4.[Cu+]. The molecule has 8 bridgehead atoms. The van der Waals surface area contributed by atoms with Gasteiger partial charge in [0.15, 0.2) is 23.3 Å². The summed E-state index contributed by atoms with van der Waals surface area (Å²) in [5.41, 5.74) is 2.61. The third-order valence-electron chi connectivity index (χ3n) is 8.05. The second-order valence-electron chi connectivity index (χ2n) is 10.6. The van der Waals surface area contributed by atoms with Gasteiger partial charge in [0.05, 0.1) is 9.85 Å². The number of nitrogens with zero attached hydrogens (tertiary/aromatic N) is 8. The number of aromatic nitrogens is 8. The zero-order valence-electron chi connectivity index (χ0n) is 23.6. The van der Waals surface area contributed by atoms with Crippen LogP contribution >= 0.6 is 0 Å². The number of nitro benzene ring substituents is 2. The Bertz CT molecular complexity index is 2680. The second kappa shape index (κ2) is 10.3. The van der Waals surface area contributed by atoms with Crippen molar-refractivity contribution in [2.75, 3.05) is 0 Å². The van der Waals surface area contributed by atoms with Crippen molar-refractivity contribution >= 4 is 55.5 Å². The Labute approximate surface area is 272 Å². The third kappa shape index (κ3) is 4.18. The largest absolute Gasteiger partial charge is 1.00 e. The van der Waals surface area contributed by atoms with Crippen LogP contribution in [0.5, 0.6) is 0 Å². The summed E-state index contributed by atoms with van der Waals surface area (Å²) in [6.45, 7) is 0. The topological polar surface area (TPSA) is 195 Å². The van der Waals surface area contributed by atoms with Crippen molar-refractivity contribution in [3.8, 4) is 45.6 Å². The fraction of sp³-hybridized carbons (Fsp3) is 0. The molecular formula is C32H16CuN10O4+. The summed E-state index contributed by atoms with van der Waals surface area (Å²) in [4.78, 5) is 58.0. The summed E-state index contributed by atoms with van der Waals surface area (Å²) in [5, 5.41) is 26.1. The van der Waals surface area contributed by atoms with Gasteiger partial charge in [-0.2, -0.15) is 0 Å². The first-order valence-corrected chi connectivity index (χ1v) is 14.0. The first-order chi connectivity index (χ1) is 22.4. The van der Waals surface area contributed by atoms with Crippen LogP contribution in [0.2, 0.25) is 0 Å². The van der Waals surface area contributed by atoms with Crippen molar-refractivity contribution in [2.24, 2.45) is 0 Å². The average molecular weight is 668 g/mol. The molecule has 0 saturated heterocycles. The molecule has 5 heterocycles. The molecule has 2 aliphatic heterocycles. The summed E-state index contributed by atoms with van der Waals surface area (Å²) < 4.78 is 0. The summed E-state index contributed by atoms with van der Waals surface area (Å²) in [7, 11) is 0. The fourth-order valence-electron chi connectivity index (χ4n) is 6.03. The Balaban J connectivity index is 0.00000324. The van der Waals surface area contributed by atoms with E-state index in [1.165, 1.54) is 6.07 Å². The van der Waals surface area contributed by atoms with E-state index in [1.807, 2.05) is 72.8 Å². The maximum atomic E-state index is 12.4. The van der Waals surface area contributed by atoms with Crippen LogP contribution in [0.25, 0.3) is 89.7 Å². The number of rotatable bonds is 2. The van der Waals surface area contributed by atoms with E-state index < -0.39 is 21.2 Å². The number of nitro groups is 2. The molecule has 0 atom stereocenters. The molecule has 0 amide bonds. The monoisotopic (exact) mass is 667 g/mol. The van der Waals surface area contributed by atoms with E-state index in [2.05, 4.69) is 9.97 Å². The number of hydrogen-bond acceptors (Lipinski definition) is 10. The van der Waals surface area contributed by atoms with Gasteiger partial charge in [-0.1, -0.05) is 72.8 Å². The van der Waals surface area contributed by atoms with Gasteiger partial charge in [0.2, 0.25) is 0 Å². The molecule has 2 N–H and O–H groups in total. The van der Waals surface area contributed by atoms with Crippen molar-refractivity contribution < 1.29 is 26.9 Å². The summed E-state index contributed by atoms with van der Waals surface area (Å²) in [6.07, 6.45) is 0. The average Bonchev–Trinajstić information content (AvgIpc) is 3.80. The molecule has 2 aliphatic rings. The molecule has 0 fully saturated rings. The molecule has 7 aromatic rings. The predicted octanol–water partition coefficient (Wildman–Crippen LogP) is 6.68. The van der Waals surface area contributed by atoms with Gasteiger partial charge < -0.3 is 9.97 Å². The van der Waals surface area contributed by atoms with Crippen LogP contribution < -0.4 is 0 Å². The molecule has 0 unspecified atom stereocenters. The number of benzene rings is 4. The molecule has 47 heavy (non-hydrogen) atoms. The van der Waals surface area contributed by atoms with E-state index in [0.29, 0.717) is 45.5 Å². The van der Waals surface area contributed by atoms with Crippen LogP contribution in [-0.2, 0) is 17.1 Å². The van der Waals surface area contributed by atoms with Crippen molar-refractivity contribution in [2.45, 2.75) is 0 Å². The molecule has 0 saturated carbocycles. The van der Waals surface area contributed by atoms with E-state index in [4.69, 9.17) is 29.9 Å². The molecule has 14 nitrogen and oxygen atoms in total. The minimum Gasteiger partial charge on any atom is -0.324 e. The molecule has 9 rings (SSSR count). The van der Waals surface area contributed by atoms with E-state index in [0.717, 1.165) is 22.4 Å². The normalized spacial score (nSPS) is 11.6. The van der Waals surface area contributed by atoms with Crippen molar-refractivity contribution in [1.82, 2.24) is 39.9 Å². The second-order valence-corrected chi connectivity index (χ2v) is 10.6. The number of H-pyrrole nitrogens is 2. The fourth-order valence-corrected chi connectivity index (χ4v) is 6.03. The van der Waals surface area contributed by atoms with Crippen molar-refractivity contribution in [3.05, 3.63) is 105 Å². The van der Waals surface area contributed by atoms with Gasteiger partial charge in [0, 0.05) is 44.5 Å². The zero-order chi connectivity index (χ0) is 31.1. The number of aromatic amines is 2. The summed E-state index contributed by atoms with van der Waals surface area (Å²) >= 11 is 0. The Kier molecular flexibility index (Phi) is 6.15. The van der Waals surface area contributed by atoms with Crippen LogP contribution in [0.3, 0.4) is 0 Å². The van der Waals surface area contributed by atoms with Gasteiger partial charge in [-0.3, -0.25) is 20.2 Å². The van der Waals surface area contributed by atoms with Crippen molar-refractivity contribution in [1.29, 1.82) is 0 Å². The van der Waals surface area contributed by atoms with Gasteiger partial charge in [-0.15, -0.1) is 0 Å². The van der Waals surface area contributed by atoms with Gasteiger partial charge >= 0.3 is 28.4 Å². The van der Waals surface area contributed by atoms with Crippen LogP contribution in [-0.4, -0.2) is 49.7 Å². The van der Waals surface area contributed by atoms with Gasteiger partial charge in [0.1, 0.15) is 28.0 Å². The molecule has 0 spiro atoms. The Hall–Kier alpha value is -6.44. The number of nitrogens with one attached hydrogen (secondary N) is 2. The minimum atomic E-state index is -0.789. The number of fused-ring (bicyclic) bond motifs is 20. The van der Waals surface area contributed by atoms with Gasteiger partial charge in [-0.25, -0.2) is 29.9 Å². The van der Waals surface area contributed by atoms with E-state index in [9.17, 15) is 20.2 Å². The molecule has 0 aliphatic carbocycles. The summed E-state index contributed by atoms with van der Waals surface area (Å²) in [6, 6.07) is 25.0. The third-order valence-corrected chi connectivity index (χ3v) is 8.05. The number of hydrogen-bond donors (Lipinski definition) is 2. The Morgan fingerprint density at radius 1 is 0.468 bits per heavy atom. The molecular weight excluding hydrogens is 652 g/mol. The predicted molar refractivity (Wildman–Crippen MR) is 169 cm³/mol. The minimum absolute atomic E-state index is 0. The first-order valence-electron chi connectivity index (χ1n) is 14.0. The van der Waals surface area contributed by atoms with Gasteiger partial charge in [-0.05, 0) is 6.07 Å². The maximum Gasteiger partial charge on any atom is 1.00 e. The Morgan fingerprint density at radius 2 is 0.872 bits per heavy atom. The quantitative estimate of drug-likeness (QED) is 0.114. The molecule has 15 heteroatoms. The Morgan fingerprint density at radius 3 is 1.32 bits per heavy atom. The summed E-state index contributed by atoms with van der Waals surface area (Å²) in [5.74, 6) is 1.29.